The van der Waals surface area contributed by atoms with Crippen LogP contribution in [0.2, 0.25) is 18.1 Å². The van der Waals surface area contributed by atoms with Gasteiger partial charge in [-0.2, -0.15) is 0 Å². The van der Waals surface area contributed by atoms with Gasteiger partial charge in [-0.1, -0.05) is 67.5 Å². The van der Waals surface area contributed by atoms with Gasteiger partial charge in [-0.15, -0.1) is 0 Å². The molecule has 0 aromatic rings. The van der Waals surface area contributed by atoms with Crippen molar-refractivity contribution in [1.82, 2.24) is 0 Å². The zero-order valence-electron chi connectivity index (χ0n) is 17.1. The van der Waals surface area contributed by atoms with Crippen molar-refractivity contribution < 1.29 is 4.43 Å². The van der Waals surface area contributed by atoms with Gasteiger partial charge in [-0.3, -0.25) is 0 Å². The Labute approximate surface area is 141 Å². The highest BCUT2D eigenvalue weighted by Gasteiger charge is 2.67. The molecular formula is C20H40OSi. The zero-order valence-corrected chi connectivity index (χ0v) is 18.1. The minimum absolute atomic E-state index is 0.238. The van der Waals surface area contributed by atoms with E-state index in [2.05, 4.69) is 87.6 Å². The van der Waals surface area contributed by atoms with Crippen molar-refractivity contribution in [3.05, 3.63) is 12.2 Å². The maximum absolute atomic E-state index is 6.51. The van der Waals surface area contributed by atoms with E-state index in [0.717, 1.165) is 6.61 Å². The molecule has 1 aliphatic rings. The summed E-state index contributed by atoms with van der Waals surface area (Å²) in [6, 6.07) is 0. The summed E-state index contributed by atoms with van der Waals surface area (Å²) in [6.45, 7) is 27.5. The van der Waals surface area contributed by atoms with Crippen molar-refractivity contribution in [3.63, 3.8) is 0 Å². The second-order valence-corrected chi connectivity index (χ2v) is 14.2. The molecule has 0 spiro atoms. The van der Waals surface area contributed by atoms with Crippen LogP contribution in [0.25, 0.3) is 0 Å². The van der Waals surface area contributed by atoms with Crippen LogP contribution in [-0.4, -0.2) is 14.9 Å². The summed E-state index contributed by atoms with van der Waals surface area (Å²) in [7, 11) is -1.84. The number of allylic oxidation sites excluding steroid dienone is 1. The van der Waals surface area contributed by atoms with Gasteiger partial charge in [0.2, 0.25) is 0 Å². The fourth-order valence-corrected chi connectivity index (χ4v) is 8.19. The Morgan fingerprint density at radius 3 is 1.95 bits per heavy atom. The molecule has 0 radical (unpaired) electrons. The molecule has 22 heavy (non-hydrogen) atoms. The van der Waals surface area contributed by atoms with E-state index in [-0.39, 0.29) is 15.9 Å². The summed E-state index contributed by atoms with van der Waals surface area (Å²) in [6.07, 6.45) is 5.51. The first-order valence-corrected chi connectivity index (χ1v) is 11.8. The van der Waals surface area contributed by atoms with Crippen LogP contribution in [0.4, 0.5) is 0 Å². The average molecular weight is 325 g/mol. The first-order chi connectivity index (χ1) is 9.69. The predicted octanol–water partition coefficient (Wildman–Crippen LogP) is 6.66. The SMILES string of the molecule is CC=CCO[Si](C)(C)C1(C)CC(C)C(C)(C)C(C)(C)C1(C)C. The topological polar surface area (TPSA) is 9.23 Å². The number of hydrogen-bond donors (Lipinski definition) is 0. The van der Waals surface area contributed by atoms with Gasteiger partial charge in [0.15, 0.2) is 8.32 Å². The highest BCUT2D eigenvalue weighted by molar-refractivity contribution is 6.74. The maximum Gasteiger partial charge on any atom is 0.193 e. The molecule has 0 aromatic heterocycles. The minimum Gasteiger partial charge on any atom is -0.413 e. The molecule has 2 heteroatoms. The first kappa shape index (κ1) is 20.0. The summed E-state index contributed by atoms with van der Waals surface area (Å²) in [5.41, 5.74) is 0.839. The Balaban J connectivity index is 3.33. The third kappa shape index (κ3) is 2.55. The summed E-state index contributed by atoms with van der Waals surface area (Å²) in [4.78, 5) is 0. The molecular weight excluding hydrogens is 284 g/mol. The van der Waals surface area contributed by atoms with E-state index < -0.39 is 8.32 Å². The second-order valence-electron chi connectivity index (χ2n) is 9.80. The van der Waals surface area contributed by atoms with Crippen LogP contribution in [0, 0.1) is 22.2 Å². The third-order valence-corrected chi connectivity index (χ3v) is 13.0. The molecule has 0 amide bonds. The third-order valence-electron chi connectivity index (χ3n) is 8.60. The van der Waals surface area contributed by atoms with Crippen LogP contribution in [0.3, 0.4) is 0 Å². The molecule has 0 saturated heterocycles. The molecule has 1 saturated carbocycles. The molecule has 2 atom stereocenters. The van der Waals surface area contributed by atoms with Crippen LogP contribution in [-0.2, 0) is 4.43 Å². The lowest BCUT2D eigenvalue weighted by Gasteiger charge is -2.69. The van der Waals surface area contributed by atoms with Crippen molar-refractivity contribution in [2.45, 2.75) is 86.9 Å². The van der Waals surface area contributed by atoms with E-state index in [0.29, 0.717) is 11.3 Å². The highest BCUT2D eigenvalue weighted by atomic mass is 28.4. The Hall–Kier alpha value is -0.0831. The van der Waals surface area contributed by atoms with E-state index in [1.54, 1.807) is 0 Å². The number of hydrogen-bond acceptors (Lipinski definition) is 1. The largest absolute Gasteiger partial charge is 0.413 e. The molecule has 1 rings (SSSR count). The van der Waals surface area contributed by atoms with Crippen molar-refractivity contribution in [2.75, 3.05) is 6.61 Å². The highest BCUT2D eigenvalue weighted by Crippen LogP contribution is 2.73. The summed E-state index contributed by atoms with van der Waals surface area (Å²) < 4.78 is 6.51. The summed E-state index contributed by atoms with van der Waals surface area (Å²) in [5, 5.41) is 0.264. The summed E-state index contributed by atoms with van der Waals surface area (Å²) >= 11 is 0. The maximum atomic E-state index is 6.51. The molecule has 0 N–H and O–H groups in total. The Morgan fingerprint density at radius 2 is 1.50 bits per heavy atom. The lowest BCUT2D eigenvalue weighted by molar-refractivity contribution is -0.131. The Kier molecular flexibility index (Phi) is 5.24. The average Bonchev–Trinajstić information content (AvgIpc) is 2.36. The van der Waals surface area contributed by atoms with E-state index in [9.17, 15) is 0 Å². The Bertz CT molecular complexity index is 431. The van der Waals surface area contributed by atoms with E-state index in [1.807, 2.05) is 0 Å². The lowest BCUT2D eigenvalue weighted by Crippen LogP contribution is -2.64. The van der Waals surface area contributed by atoms with Gasteiger partial charge >= 0.3 is 0 Å². The molecule has 0 aliphatic heterocycles. The lowest BCUT2D eigenvalue weighted by atomic mass is 9.42. The van der Waals surface area contributed by atoms with Gasteiger partial charge in [-0.25, -0.2) is 0 Å². The van der Waals surface area contributed by atoms with Crippen molar-refractivity contribution in [1.29, 1.82) is 0 Å². The molecule has 1 fully saturated rings. The smallest absolute Gasteiger partial charge is 0.193 e. The van der Waals surface area contributed by atoms with Gasteiger partial charge in [0, 0.05) is 0 Å². The second kappa shape index (κ2) is 5.77. The quantitative estimate of drug-likeness (QED) is 0.415. The van der Waals surface area contributed by atoms with Crippen molar-refractivity contribution >= 4 is 8.32 Å². The van der Waals surface area contributed by atoms with Gasteiger partial charge in [0.05, 0.1) is 6.61 Å². The Morgan fingerprint density at radius 1 is 1.00 bits per heavy atom. The fourth-order valence-electron chi connectivity index (χ4n) is 4.74. The fraction of sp³-hybridized carbons (Fsp3) is 0.900. The van der Waals surface area contributed by atoms with Crippen LogP contribution in [0.1, 0.15) is 68.7 Å². The van der Waals surface area contributed by atoms with E-state index in [1.165, 1.54) is 6.42 Å². The molecule has 2 unspecified atom stereocenters. The minimum atomic E-state index is -1.84. The predicted molar refractivity (Wildman–Crippen MR) is 102 cm³/mol. The van der Waals surface area contributed by atoms with Crippen LogP contribution in [0.5, 0.6) is 0 Å². The van der Waals surface area contributed by atoms with E-state index >= 15 is 0 Å². The van der Waals surface area contributed by atoms with Gasteiger partial charge in [-0.05, 0) is 53.6 Å². The zero-order chi connectivity index (χ0) is 17.6. The van der Waals surface area contributed by atoms with Gasteiger partial charge in [0.25, 0.3) is 0 Å². The van der Waals surface area contributed by atoms with Crippen molar-refractivity contribution in [3.8, 4) is 0 Å². The molecule has 1 nitrogen and oxygen atoms in total. The number of rotatable bonds is 4. The normalized spacial score (nSPS) is 34.0. The van der Waals surface area contributed by atoms with Gasteiger partial charge in [0.1, 0.15) is 0 Å². The van der Waals surface area contributed by atoms with Crippen LogP contribution >= 0.6 is 0 Å². The van der Waals surface area contributed by atoms with Crippen LogP contribution in [0.15, 0.2) is 12.2 Å². The molecule has 130 valence electrons. The molecule has 1 aliphatic carbocycles. The molecule has 0 bridgehead atoms. The standard InChI is InChI=1S/C20H40OSi/c1-12-13-14-21-22(10,11)20(9)15-16(2)17(3,4)18(5,6)19(20,7)8/h12-13,16H,14-15H2,1-11H3. The molecule has 0 aromatic carbocycles. The monoisotopic (exact) mass is 324 g/mol. The van der Waals surface area contributed by atoms with Crippen molar-refractivity contribution in [2.24, 2.45) is 22.2 Å². The molecule has 0 heterocycles. The summed E-state index contributed by atoms with van der Waals surface area (Å²) in [5.74, 6) is 0.706. The van der Waals surface area contributed by atoms with Gasteiger partial charge < -0.3 is 4.43 Å². The first-order valence-electron chi connectivity index (χ1n) is 8.94. The van der Waals surface area contributed by atoms with Crippen LogP contribution < -0.4 is 0 Å². The van der Waals surface area contributed by atoms with E-state index in [4.69, 9.17) is 4.43 Å².